The van der Waals surface area contributed by atoms with Crippen molar-refractivity contribution in [3.63, 3.8) is 0 Å². The molecule has 4 rings (SSSR count). The molecule has 0 radical (unpaired) electrons. The number of thioether (sulfide) groups is 1. The van der Waals surface area contributed by atoms with Crippen LogP contribution < -0.4 is 5.32 Å². The van der Waals surface area contributed by atoms with Crippen LogP contribution in [0.4, 0.5) is 5.88 Å². The molecule has 0 saturated carbocycles. The first-order valence-corrected chi connectivity index (χ1v) is 10.2. The zero-order valence-corrected chi connectivity index (χ0v) is 17.0. The number of ether oxygens (including phenoxy) is 1. The van der Waals surface area contributed by atoms with Crippen molar-refractivity contribution in [1.29, 1.82) is 0 Å². The van der Waals surface area contributed by atoms with Gasteiger partial charge in [0.05, 0.1) is 19.6 Å². The molecule has 0 aliphatic carbocycles. The molecule has 0 atom stereocenters. The second-order valence-corrected chi connectivity index (χ2v) is 7.50. The molecule has 0 fully saturated rings. The number of benzene rings is 1. The van der Waals surface area contributed by atoms with Crippen molar-refractivity contribution in [2.45, 2.75) is 13.3 Å². The summed E-state index contributed by atoms with van der Waals surface area (Å²) in [6, 6.07) is 6.78. The summed E-state index contributed by atoms with van der Waals surface area (Å²) in [5.74, 6) is -0.993. The molecular weight excluding hydrogens is 416 g/mol. The van der Waals surface area contributed by atoms with Crippen LogP contribution in [0.25, 0.3) is 11.3 Å². The highest BCUT2D eigenvalue weighted by Crippen LogP contribution is 2.33. The van der Waals surface area contributed by atoms with Crippen LogP contribution in [0.3, 0.4) is 0 Å². The monoisotopic (exact) mass is 432 g/mol. The molecule has 2 aromatic rings. The fraction of sp³-hybridized carbons (Fsp3) is 0.263. The average Bonchev–Trinajstić information content (AvgIpc) is 3.40. The van der Waals surface area contributed by atoms with Crippen molar-refractivity contribution in [2.24, 2.45) is 4.99 Å². The predicted octanol–water partition coefficient (Wildman–Crippen LogP) is 3.76. The Kier molecular flexibility index (Phi) is 5.59. The first kappa shape index (κ1) is 19.5. The van der Waals surface area contributed by atoms with Crippen LogP contribution in [0.15, 0.2) is 44.9 Å². The number of nitrogens with zero attached hydrogens (tertiary/aromatic N) is 3. The Morgan fingerprint density at radius 3 is 2.90 bits per heavy atom. The topological polar surface area (TPSA) is 97.0 Å². The Balaban J connectivity index is 1.56. The van der Waals surface area contributed by atoms with Gasteiger partial charge in [0, 0.05) is 22.8 Å². The molecule has 0 unspecified atom stereocenters. The van der Waals surface area contributed by atoms with E-state index in [0.29, 0.717) is 10.6 Å². The van der Waals surface area contributed by atoms with Crippen molar-refractivity contribution in [1.82, 2.24) is 10.1 Å². The molecule has 2 aliphatic heterocycles. The van der Waals surface area contributed by atoms with Gasteiger partial charge in [-0.1, -0.05) is 40.7 Å². The highest BCUT2D eigenvalue weighted by Gasteiger charge is 2.30. The molecular formula is C19H17ClN4O4S. The molecule has 8 nitrogen and oxygen atoms in total. The van der Waals surface area contributed by atoms with Gasteiger partial charge in [0.1, 0.15) is 5.69 Å². The maximum absolute atomic E-state index is 12.6. The van der Waals surface area contributed by atoms with E-state index in [-0.39, 0.29) is 36.1 Å². The minimum Gasteiger partial charge on any atom is -0.462 e. The SMILES string of the molecule is CCOC(=O)c1c(-c2ccc(Cl)cc2)noc1NC(=O)CC1=CSC2=NCCN12. The number of nitrogens with one attached hydrogen (secondary N) is 1. The lowest BCUT2D eigenvalue weighted by molar-refractivity contribution is -0.115. The van der Waals surface area contributed by atoms with Crippen LogP contribution >= 0.6 is 23.4 Å². The lowest BCUT2D eigenvalue weighted by Gasteiger charge is -2.15. The number of amides is 1. The molecule has 0 spiro atoms. The Morgan fingerprint density at radius 1 is 1.34 bits per heavy atom. The van der Waals surface area contributed by atoms with Crippen molar-refractivity contribution in [3.8, 4) is 11.3 Å². The fourth-order valence-electron chi connectivity index (χ4n) is 3.02. The first-order chi connectivity index (χ1) is 14.1. The summed E-state index contributed by atoms with van der Waals surface area (Å²) in [7, 11) is 0. The number of hydrogen-bond acceptors (Lipinski definition) is 8. The van der Waals surface area contributed by atoms with Gasteiger partial charge < -0.3 is 14.2 Å². The summed E-state index contributed by atoms with van der Waals surface area (Å²) < 4.78 is 10.4. The van der Waals surface area contributed by atoms with Crippen LogP contribution in [0, 0.1) is 0 Å². The van der Waals surface area contributed by atoms with Gasteiger partial charge in [-0.05, 0) is 24.5 Å². The van der Waals surface area contributed by atoms with E-state index in [4.69, 9.17) is 20.9 Å². The van der Waals surface area contributed by atoms with Gasteiger partial charge in [-0.15, -0.1) is 0 Å². The zero-order chi connectivity index (χ0) is 20.4. The Labute approximate surface area is 175 Å². The molecule has 1 aromatic heterocycles. The minimum atomic E-state index is -0.626. The summed E-state index contributed by atoms with van der Waals surface area (Å²) in [6.07, 6.45) is 0.130. The third-order valence-corrected chi connectivity index (χ3v) is 5.53. The molecule has 2 aliphatic rings. The summed E-state index contributed by atoms with van der Waals surface area (Å²) in [4.78, 5) is 31.5. The quantitative estimate of drug-likeness (QED) is 0.694. The van der Waals surface area contributed by atoms with E-state index >= 15 is 0 Å². The first-order valence-electron chi connectivity index (χ1n) is 8.97. The summed E-state index contributed by atoms with van der Waals surface area (Å²) in [6.45, 7) is 3.36. The maximum atomic E-state index is 12.6. The summed E-state index contributed by atoms with van der Waals surface area (Å²) in [5, 5.41) is 9.99. The highest BCUT2D eigenvalue weighted by molar-refractivity contribution is 8.16. The number of rotatable bonds is 6. The Bertz CT molecular complexity index is 1020. The number of hydrogen-bond donors (Lipinski definition) is 1. The van der Waals surface area contributed by atoms with Gasteiger partial charge in [0.25, 0.3) is 0 Å². The van der Waals surface area contributed by atoms with E-state index < -0.39 is 5.97 Å². The van der Waals surface area contributed by atoms with Crippen LogP contribution in [-0.2, 0) is 9.53 Å². The average molecular weight is 433 g/mol. The van der Waals surface area contributed by atoms with Gasteiger partial charge in [-0.2, -0.15) is 0 Å². The molecule has 150 valence electrons. The number of carbonyl (C=O) groups is 2. The minimum absolute atomic E-state index is 0.0417. The number of fused-ring (bicyclic) bond motifs is 1. The van der Waals surface area contributed by atoms with E-state index in [1.165, 1.54) is 11.8 Å². The van der Waals surface area contributed by atoms with Crippen LogP contribution in [0.2, 0.25) is 5.02 Å². The molecule has 0 bridgehead atoms. The number of aromatic nitrogens is 1. The molecule has 1 N–H and O–H groups in total. The van der Waals surface area contributed by atoms with Crippen molar-refractivity contribution >= 4 is 46.3 Å². The predicted molar refractivity (Wildman–Crippen MR) is 111 cm³/mol. The summed E-state index contributed by atoms with van der Waals surface area (Å²) >= 11 is 7.43. The number of esters is 1. The maximum Gasteiger partial charge on any atom is 0.346 e. The van der Waals surface area contributed by atoms with Gasteiger partial charge >= 0.3 is 5.97 Å². The normalized spacial score (nSPS) is 15.0. The van der Waals surface area contributed by atoms with Crippen molar-refractivity contribution in [2.75, 3.05) is 25.0 Å². The molecule has 10 heteroatoms. The molecule has 0 saturated heterocycles. The molecule has 1 amide bonds. The van der Waals surface area contributed by atoms with E-state index in [1.54, 1.807) is 31.2 Å². The van der Waals surface area contributed by atoms with Gasteiger partial charge in [-0.3, -0.25) is 15.1 Å². The van der Waals surface area contributed by atoms with Crippen LogP contribution in [0.1, 0.15) is 23.7 Å². The van der Waals surface area contributed by atoms with Crippen molar-refractivity contribution < 1.29 is 18.8 Å². The second-order valence-electron chi connectivity index (χ2n) is 6.23. The molecule has 3 heterocycles. The Morgan fingerprint density at radius 2 is 2.14 bits per heavy atom. The highest BCUT2D eigenvalue weighted by atomic mass is 35.5. The van der Waals surface area contributed by atoms with Crippen LogP contribution in [-0.4, -0.2) is 46.8 Å². The standard InChI is InChI=1S/C19H17ClN4O4S/c1-2-27-18(26)15-16(11-3-5-12(20)6-4-11)23-28-17(15)22-14(25)9-13-10-29-19-21-7-8-24(13)19/h3-6,10H,2,7-9H2,1H3,(H,22,25). The van der Waals surface area contributed by atoms with E-state index in [9.17, 15) is 9.59 Å². The third kappa shape index (κ3) is 4.01. The van der Waals surface area contributed by atoms with Crippen LogP contribution in [0.5, 0.6) is 0 Å². The molecule has 29 heavy (non-hydrogen) atoms. The fourth-order valence-corrected chi connectivity index (χ4v) is 4.10. The largest absolute Gasteiger partial charge is 0.462 e. The van der Waals surface area contributed by atoms with E-state index in [0.717, 1.165) is 24.0 Å². The van der Waals surface area contributed by atoms with Gasteiger partial charge in [-0.25, -0.2) is 4.79 Å². The van der Waals surface area contributed by atoms with Gasteiger partial charge in [0.2, 0.25) is 11.8 Å². The number of aliphatic imine (C=N–C) groups is 1. The lowest BCUT2D eigenvalue weighted by atomic mass is 10.1. The third-order valence-electron chi connectivity index (χ3n) is 4.33. The number of halogens is 1. The Hall–Kier alpha value is -2.78. The summed E-state index contributed by atoms with van der Waals surface area (Å²) in [5.41, 5.74) is 1.83. The number of carbonyl (C=O) groups excluding carboxylic acids is 2. The smallest absolute Gasteiger partial charge is 0.346 e. The number of anilines is 1. The van der Waals surface area contributed by atoms with Gasteiger partial charge in [0.15, 0.2) is 10.7 Å². The second kappa shape index (κ2) is 8.30. The van der Waals surface area contributed by atoms with Crippen molar-refractivity contribution in [3.05, 3.63) is 46.0 Å². The number of amidine groups is 1. The zero-order valence-electron chi connectivity index (χ0n) is 15.5. The van der Waals surface area contributed by atoms with E-state index in [1.807, 2.05) is 10.3 Å². The lowest BCUT2D eigenvalue weighted by Crippen LogP contribution is -2.24. The van der Waals surface area contributed by atoms with E-state index in [2.05, 4.69) is 15.5 Å². The molecule has 1 aromatic carbocycles.